The fourth-order valence-electron chi connectivity index (χ4n) is 2.32. The molecule has 20 heavy (non-hydrogen) atoms. The Labute approximate surface area is 120 Å². The highest BCUT2D eigenvalue weighted by molar-refractivity contribution is 5.74. The molecule has 0 unspecified atom stereocenters. The highest BCUT2D eigenvalue weighted by Crippen LogP contribution is 2.20. The Morgan fingerprint density at radius 2 is 2.15 bits per heavy atom. The van der Waals surface area contributed by atoms with Crippen LogP contribution < -0.4 is 5.32 Å². The third kappa shape index (κ3) is 4.47. The van der Waals surface area contributed by atoms with E-state index in [4.69, 9.17) is 4.74 Å². The third-order valence-corrected chi connectivity index (χ3v) is 3.45. The van der Waals surface area contributed by atoms with Crippen molar-refractivity contribution >= 4 is 11.8 Å². The number of esters is 1. The van der Waals surface area contributed by atoms with Crippen LogP contribution in [0.4, 0.5) is 5.82 Å². The number of rotatable bonds is 5. The molecule has 0 aromatic carbocycles. The molecule has 0 bridgehead atoms. The lowest BCUT2D eigenvalue weighted by molar-refractivity contribution is -0.148. The van der Waals surface area contributed by atoms with Crippen molar-refractivity contribution in [2.75, 3.05) is 11.9 Å². The predicted molar refractivity (Wildman–Crippen MR) is 77.6 cm³/mol. The van der Waals surface area contributed by atoms with Gasteiger partial charge in [0.2, 0.25) is 0 Å². The van der Waals surface area contributed by atoms with E-state index in [2.05, 4.69) is 15.3 Å². The molecular formula is C15H23N3O2. The minimum Gasteiger partial charge on any atom is -0.461 e. The van der Waals surface area contributed by atoms with E-state index in [9.17, 15) is 4.79 Å². The molecule has 1 fully saturated rings. The molecule has 1 aliphatic rings. The largest absolute Gasteiger partial charge is 0.461 e. The van der Waals surface area contributed by atoms with Crippen molar-refractivity contribution in [3.8, 4) is 0 Å². The maximum Gasteiger partial charge on any atom is 0.325 e. The van der Waals surface area contributed by atoms with E-state index in [0.29, 0.717) is 5.82 Å². The van der Waals surface area contributed by atoms with Gasteiger partial charge in [0.15, 0.2) is 0 Å². The van der Waals surface area contributed by atoms with Gasteiger partial charge >= 0.3 is 5.97 Å². The number of aromatic nitrogens is 2. The topological polar surface area (TPSA) is 64.1 Å². The van der Waals surface area contributed by atoms with Gasteiger partial charge in [-0.2, -0.15) is 0 Å². The van der Waals surface area contributed by atoms with E-state index in [0.717, 1.165) is 31.5 Å². The number of nitrogens with one attached hydrogen (secondary N) is 1. The second kappa shape index (κ2) is 7.22. The maximum atomic E-state index is 11.8. The van der Waals surface area contributed by atoms with Crippen molar-refractivity contribution in [3.63, 3.8) is 0 Å². The molecule has 5 heteroatoms. The van der Waals surface area contributed by atoms with Crippen molar-refractivity contribution in [1.29, 1.82) is 0 Å². The van der Waals surface area contributed by atoms with Crippen molar-refractivity contribution in [2.24, 2.45) is 0 Å². The van der Waals surface area contributed by atoms with E-state index in [1.807, 2.05) is 13.8 Å². The minimum absolute atomic E-state index is 0.106. The Morgan fingerprint density at radius 1 is 1.40 bits per heavy atom. The molecule has 2 rings (SSSR count). The highest BCUT2D eigenvalue weighted by atomic mass is 16.5. The molecule has 5 nitrogen and oxygen atoms in total. The molecular weight excluding hydrogens is 254 g/mol. The number of nitrogens with zero attached hydrogens (tertiary/aromatic N) is 2. The van der Waals surface area contributed by atoms with Gasteiger partial charge in [-0.1, -0.05) is 20.3 Å². The van der Waals surface area contributed by atoms with Crippen molar-refractivity contribution < 1.29 is 9.53 Å². The van der Waals surface area contributed by atoms with Gasteiger partial charge in [0.25, 0.3) is 0 Å². The van der Waals surface area contributed by atoms with Gasteiger partial charge in [0.1, 0.15) is 24.3 Å². The number of ether oxygens (including phenoxy) is 1. The standard InChI is InChI=1S/C15H23N3O2/c1-11(2)15-16-9-8-13(18-15)17-10-14(19)20-12-6-4-3-5-7-12/h8-9,11-12H,3-7,10H2,1-2H3,(H,16,17,18). The van der Waals surface area contributed by atoms with E-state index in [1.165, 1.54) is 6.42 Å². The molecule has 1 saturated carbocycles. The summed E-state index contributed by atoms with van der Waals surface area (Å²) >= 11 is 0. The lowest BCUT2D eigenvalue weighted by Crippen LogP contribution is -2.25. The van der Waals surface area contributed by atoms with Crippen LogP contribution in [0.1, 0.15) is 57.7 Å². The van der Waals surface area contributed by atoms with Crippen molar-refractivity contribution in [2.45, 2.75) is 58.0 Å². The minimum atomic E-state index is -0.207. The summed E-state index contributed by atoms with van der Waals surface area (Å²) in [5.74, 6) is 1.51. The van der Waals surface area contributed by atoms with Crippen LogP contribution in [0.3, 0.4) is 0 Å². The Hall–Kier alpha value is -1.65. The average Bonchev–Trinajstić information content (AvgIpc) is 2.46. The summed E-state index contributed by atoms with van der Waals surface area (Å²) in [6.07, 6.45) is 7.38. The van der Waals surface area contributed by atoms with Crippen LogP contribution in [-0.4, -0.2) is 28.6 Å². The lowest BCUT2D eigenvalue weighted by Gasteiger charge is -2.21. The van der Waals surface area contributed by atoms with Crippen LogP contribution in [0.15, 0.2) is 12.3 Å². The molecule has 1 aromatic heterocycles. The Kier molecular flexibility index (Phi) is 5.32. The first-order valence-corrected chi connectivity index (χ1v) is 7.41. The summed E-state index contributed by atoms with van der Waals surface area (Å²) in [4.78, 5) is 20.3. The third-order valence-electron chi connectivity index (χ3n) is 3.45. The normalized spacial score (nSPS) is 16.1. The van der Waals surface area contributed by atoms with Crippen LogP contribution in [0.2, 0.25) is 0 Å². The first kappa shape index (κ1) is 14.8. The first-order valence-electron chi connectivity index (χ1n) is 7.41. The summed E-state index contributed by atoms with van der Waals surface area (Å²) in [6, 6.07) is 1.76. The van der Waals surface area contributed by atoms with Gasteiger partial charge in [-0.15, -0.1) is 0 Å². The summed E-state index contributed by atoms with van der Waals surface area (Å²) in [7, 11) is 0. The molecule has 0 aliphatic heterocycles. The predicted octanol–water partition coefficient (Wildman–Crippen LogP) is 2.89. The van der Waals surface area contributed by atoms with Crippen molar-refractivity contribution in [1.82, 2.24) is 9.97 Å². The fraction of sp³-hybridized carbons (Fsp3) is 0.667. The van der Waals surface area contributed by atoms with Gasteiger partial charge in [0.05, 0.1) is 0 Å². The second-order valence-electron chi connectivity index (χ2n) is 5.56. The summed E-state index contributed by atoms with van der Waals surface area (Å²) in [5.41, 5.74) is 0. The molecule has 1 aliphatic carbocycles. The van der Waals surface area contributed by atoms with Gasteiger partial charge < -0.3 is 10.1 Å². The zero-order valence-corrected chi connectivity index (χ0v) is 12.3. The lowest BCUT2D eigenvalue weighted by atomic mass is 9.98. The second-order valence-corrected chi connectivity index (χ2v) is 5.56. The average molecular weight is 277 g/mol. The van der Waals surface area contributed by atoms with Gasteiger partial charge in [-0.3, -0.25) is 4.79 Å². The van der Waals surface area contributed by atoms with Crippen LogP contribution in [0.25, 0.3) is 0 Å². The van der Waals surface area contributed by atoms with Crippen LogP contribution in [0.5, 0.6) is 0 Å². The van der Waals surface area contributed by atoms with Gasteiger partial charge in [-0.05, 0) is 31.7 Å². The van der Waals surface area contributed by atoms with E-state index in [-0.39, 0.29) is 24.5 Å². The molecule has 0 atom stereocenters. The van der Waals surface area contributed by atoms with E-state index < -0.39 is 0 Å². The number of hydrogen-bond donors (Lipinski definition) is 1. The smallest absolute Gasteiger partial charge is 0.325 e. The van der Waals surface area contributed by atoms with Gasteiger partial charge in [-0.25, -0.2) is 9.97 Å². The summed E-state index contributed by atoms with van der Waals surface area (Å²) in [5, 5.41) is 3.00. The van der Waals surface area contributed by atoms with E-state index in [1.54, 1.807) is 12.3 Å². The molecule has 1 heterocycles. The molecule has 1 N–H and O–H groups in total. The first-order chi connectivity index (χ1) is 9.65. The Balaban J connectivity index is 1.79. The highest BCUT2D eigenvalue weighted by Gasteiger charge is 2.17. The maximum absolute atomic E-state index is 11.8. The number of carbonyl (C=O) groups excluding carboxylic acids is 1. The zero-order valence-electron chi connectivity index (χ0n) is 12.3. The monoisotopic (exact) mass is 277 g/mol. The van der Waals surface area contributed by atoms with Crippen LogP contribution in [0, 0.1) is 0 Å². The van der Waals surface area contributed by atoms with Crippen molar-refractivity contribution in [3.05, 3.63) is 18.1 Å². The Morgan fingerprint density at radius 3 is 2.85 bits per heavy atom. The number of anilines is 1. The molecule has 0 radical (unpaired) electrons. The molecule has 0 amide bonds. The molecule has 0 saturated heterocycles. The fourth-order valence-corrected chi connectivity index (χ4v) is 2.32. The summed E-state index contributed by atoms with van der Waals surface area (Å²) < 4.78 is 5.45. The van der Waals surface area contributed by atoms with Crippen LogP contribution in [-0.2, 0) is 9.53 Å². The zero-order chi connectivity index (χ0) is 14.4. The quantitative estimate of drug-likeness (QED) is 0.838. The van der Waals surface area contributed by atoms with E-state index >= 15 is 0 Å². The van der Waals surface area contributed by atoms with Gasteiger partial charge in [0, 0.05) is 12.1 Å². The molecule has 110 valence electrons. The SMILES string of the molecule is CC(C)c1nccc(NCC(=O)OC2CCCCC2)n1. The molecule has 0 spiro atoms. The summed E-state index contributed by atoms with van der Waals surface area (Å²) in [6.45, 7) is 4.23. The molecule has 1 aromatic rings. The van der Waals surface area contributed by atoms with Crippen LogP contribution >= 0.6 is 0 Å². The number of carbonyl (C=O) groups is 1. The number of hydrogen-bond acceptors (Lipinski definition) is 5. The Bertz CT molecular complexity index is 442.